The van der Waals surface area contributed by atoms with Gasteiger partial charge in [-0.25, -0.2) is 0 Å². The first kappa shape index (κ1) is 25.5. The van der Waals surface area contributed by atoms with Crippen LogP contribution in [0, 0.1) is 11.8 Å². The van der Waals surface area contributed by atoms with Gasteiger partial charge in [0.25, 0.3) is 5.91 Å². The highest BCUT2D eigenvalue weighted by Gasteiger charge is 2.34. The summed E-state index contributed by atoms with van der Waals surface area (Å²) in [5.74, 6) is 0.956. The van der Waals surface area contributed by atoms with Gasteiger partial charge in [0, 0.05) is 31.6 Å². The van der Waals surface area contributed by atoms with Crippen LogP contribution in [-0.4, -0.2) is 55.1 Å². The van der Waals surface area contributed by atoms with Gasteiger partial charge in [0.2, 0.25) is 18.6 Å². The number of aryl methyl sites for hydroxylation is 1. The Bertz CT molecular complexity index is 1060. The second kappa shape index (κ2) is 11.9. The molecule has 0 aliphatic carbocycles. The lowest BCUT2D eigenvalue weighted by molar-refractivity contribution is -0.133. The molecule has 1 saturated heterocycles. The Hall–Kier alpha value is -3.55. The third-order valence-corrected chi connectivity index (χ3v) is 6.72. The summed E-state index contributed by atoms with van der Waals surface area (Å²) < 4.78 is 10.7. The zero-order valence-electron chi connectivity index (χ0n) is 21.0. The Kier molecular flexibility index (Phi) is 8.46. The monoisotopic (exact) mass is 493 g/mol. The minimum absolute atomic E-state index is 0.0618. The first-order valence-corrected chi connectivity index (χ1v) is 12.7. The molecule has 1 atom stereocenters. The number of ether oxygens (including phenoxy) is 2. The van der Waals surface area contributed by atoms with E-state index in [0.29, 0.717) is 68.3 Å². The number of piperidine rings is 1. The van der Waals surface area contributed by atoms with Gasteiger partial charge in [-0.05, 0) is 54.9 Å². The fourth-order valence-corrected chi connectivity index (χ4v) is 4.61. The molecule has 2 heterocycles. The molecule has 8 nitrogen and oxygen atoms in total. The minimum atomic E-state index is -0.678. The van der Waals surface area contributed by atoms with Gasteiger partial charge >= 0.3 is 0 Å². The Morgan fingerprint density at radius 2 is 1.72 bits per heavy atom. The first-order valence-electron chi connectivity index (χ1n) is 12.7. The lowest BCUT2D eigenvalue weighted by Gasteiger charge is -2.36. The van der Waals surface area contributed by atoms with Crippen molar-refractivity contribution in [2.24, 2.45) is 11.8 Å². The maximum absolute atomic E-state index is 13.1. The number of hydrogen-bond donors (Lipinski definition) is 2. The van der Waals surface area contributed by atoms with Crippen molar-refractivity contribution in [1.82, 2.24) is 15.5 Å². The van der Waals surface area contributed by atoms with Crippen molar-refractivity contribution in [1.29, 1.82) is 0 Å². The van der Waals surface area contributed by atoms with Crippen molar-refractivity contribution >= 4 is 17.7 Å². The molecule has 0 radical (unpaired) electrons. The van der Waals surface area contributed by atoms with Crippen molar-refractivity contribution in [3.63, 3.8) is 0 Å². The Morgan fingerprint density at radius 3 is 2.44 bits per heavy atom. The summed E-state index contributed by atoms with van der Waals surface area (Å²) in [6.45, 7) is 5.87. The normalized spacial score (nSPS) is 16.0. The van der Waals surface area contributed by atoms with Gasteiger partial charge in [-0.15, -0.1) is 0 Å². The lowest BCUT2D eigenvalue weighted by atomic mass is 9.88. The predicted molar refractivity (Wildman–Crippen MR) is 136 cm³/mol. The highest BCUT2D eigenvalue weighted by molar-refractivity contribution is 5.98. The number of carbonyl (C=O) groups excluding carboxylic acids is 3. The number of benzene rings is 2. The fourth-order valence-electron chi connectivity index (χ4n) is 4.61. The molecule has 0 unspecified atom stereocenters. The number of likely N-dealkylation sites (tertiary alicyclic amines) is 1. The van der Waals surface area contributed by atoms with E-state index < -0.39 is 6.04 Å². The Morgan fingerprint density at radius 1 is 1.00 bits per heavy atom. The smallest absolute Gasteiger partial charge is 0.252 e. The SMILES string of the molecule is CC(C)CNC(=O)[C@H](NC(=O)c1ccc2c(c1)OCO2)C1CCN(C(=O)CCc2ccccc2)CC1. The number of nitrogens with one attached hydrogen (secondary N) is 2. The molecule has 8 heteroatoms. The standard InChI is InChI=1S/C28H35N3O5/c1-19(2)17-29-28(34)26(30-27(33)22-9-10-23-24(16-22)36-18-35-23)21-12-14-31(15-13-21)25(32)11-8-20-6-4-3-5-7-20/h3-7,9-10,16,19,21,26H,8,11-15,17-18H2,1-2H3,(H,29,34)(H,30,33)/t26-/m1/s1. The van der Waals surface area contributed by atoms with Crippen LogP contribution in [0.4, 0.5) is 0 Å². The molecule has 0 aromatic heterocycles. The van der Waals surface area contributed by atoms with Crippen LogP contribution in [0.15, 0.2) is 48.5 Å². The lowest BCUT2D eigenvalue weighted by Crippen LogP contribution is -2.54. The molecule has 3 amide bonds. The minimum Gasteiger partial charge on any atom is -0.454 e. The molecule has 2 N–H and O–H groups in total. The van der Waals surface area contributed by atoms with Crippen LogP contribution in [0.1, 0.15) is 49.0 Å². The highest BCUT2D eigenvalue weighted by atomic mass is 16.7. The van der Waals surface area contributed by atoms with Crippen molar-refractivity contribution in [2.45, 2.75) is 45.6 Å². The predicted octanol–water partition coefficient (Wildman–Crippen LogP) is 3.16. The van der Waals surface area contributed by atoms with Crippen LogP contribution in [-0.2, 0) is 16.0 Å². The summed E-state index contributed by atoms with van der Waals surface area (Å²) in [5.41, 5.74) is 1.56. The van der Waals surface area contributed by atoms with E-state index in [1.807, 2.05) is 49.1 Å². The third kappa shape index (κ3) is 6.56. The molecular weight excluding hydrogens is 458 g/mol. The number of amides is 3. The topological polar surface area (TPSA) is 97.0 Å². The van der Waals surface area contributed by atoms with E-state index in [2.05, 4.69) is 10.6 Å². The molecule has 2 aliphatic rings. The number of nitrogens with zero attached hydrogens (tertiary/aromatic N) is 1. The second-order valence-corrected chi connectivity index (χ2v) is 9.86. The molecule has 2 aliphatic heterocycles. The molecule has 192 valence electrons. The maximum atomic E-state index is 13.1. The van der Waals surface area contributed by atoms with Crippen LogP contribution in [0.3, 0.4) is 0 Å². The molecule has 0 saturated carbocycles. The second-order valence-electron chi connectivity index (χ2n) is 9.86. The summed E-state index contributed by atoms with van der Waals surface area (Å²) in [6.07, 6.45) is 2.48. The van der Waals surface area contributed by atoms with Crippen molar-refractivity contribution in [2.75, 3.05) is 26.4 Å². The highest BCUT2D eigenvalue weighted by Crippen LogP contribution is 2.32. The summed E-state index contributed by atoms with van der Waals surface area (Å²) in [5, 5.41) is 5.93. The van der Waals surface area contributed by atoms with Crippen LogP contribution >= 0.6 is 0 Å². The molecule has 1 fully saturated rings. The van der Waals surface area contributed by atoms with Gasteiger partial charge in [-0.1, -0.05) is 44.2 Å². The third-order valence-electron chi connectivity index (χ3n) is 6.72. The van der Waals surface area contributed by atoms with E-state index in [-0.39, 0.29) is 30.4 Å². The average Bonchev–Trinajstić information content (AvgIpc) is 3.37. The van der Waals surface area contributed by atoms with Crippen molar-refractivity contribution in [3.8, 4) is 11.5 Å². The van der Waals surface area contributed by atoms with Crippen LogP contribution in [0.5, 0.6) is 11.5 Å². The fraction of sp³-hybridized carbons (Fsp3) is 0.464. The van der Waals surface area contributed by atoms with Crippen LogP contribution in [0.2, 0.25) is 0 Å². The van der Waals surface area contributed by atoms with Crippen LogP contribution < -0.4 is 20.1 Å². The number of carbonyl (C=O) groups is 3. The Balaban J connectivity index is 1.37. The number of rotatable bonds is 9. The van der Waals surface area contributed by atoms with E-state index in [1.165, 1.54) is 0 Å². The molecule has 0 bridgehead atoms. The van der Waals surface area contributed by atoms with Crippen molar-refractivity contribution < 1.29 is 23.9 Å². The van der Waals surface area contributed by atoms with Gasteiger partial charge in [-0.2, -0.15) is 0 Å². The molecular formula is C28H35N3O5. The van der Waals surface area contributed by atoms with Gasteiger partial charge in [0.1, 0.15) is 6.04 Å². The quantitative estimate of drug-likeness (QED) is 0.559. The van der Waals surface area contributed by atoms with E-state index in [0.717, 1.165) is 5.56 Å². The van der Waals surface area contributed by atoms with Crippen LogP contribution in [0.25, 0.3) is 0 Å². The van der Waals surface area contributed by atoms with Gasteiger partial charge in [0.15, 0.2) is 11.5 Å². The molecule has 4 rings (SSSR count). The van der Waals surface area contributed by atoms with Gasteiger partial charge in [-0.3, -0.25) is 14.4 Å². The first-order chi connectivity index (χ1) is 17.4. The van der Waals surface area contributed by atoms with Gasteiger partial charge < -0.3 is 25.0 Å². The van der Waals surface area contributed by atoms with E-state index >= 15 is 0 Å². The number of hydrogen-bond acceptors (Lipinski definition) is 5. The summed E-state index contributed by atoms with van der Waals surface area (Å²) in [6, 6.07) is 14.3. The zero-order valence-corrected chi connectivity index (χ0v) is 21.0. The Labute approximate surface area is 212 Å². The summed E-state index contributed by atoms with van der Waals surface area (Å²) in [7, 11) is 0. The zero-order chi connectivity index (χ0) is 25.5. The maximum Gasteiger partial charge on any atom is 0.252 e. The molecule has 36 heavy (non-hydrogen) atoms. The number of fused-ring (bicyclic) bond motifs is 1. The average molecular weight is 494 g/mol. The van der Waals surface area contributed by atoms with E-state index in [9.17, 15) is 14.4 Å². The van der Waals surface area contributed by atoms with E-state index in [4.69, 9.17) is 9.47 Å². The largest absolute Gasteiger partial charge is 0.454 e. The summed E-state index contributed by atoms with van der Waals surface area (Å²) in [4.78, 5) is 40.9. The van der Waals surface area contributed by atoms with E-state index in [1.54, 1.807) is 18.2 Å². The molecule has 2 aromatic rings. The summed E-state index contributed by atoms with van der Waals surface area (Å²) >= 11 is 0. The molecule has 0 spiro atoms. The van der Waals surface area contributed by atoms with Gasteiger partial charge in [0.05, 0.1) is 0 Å². The van der Waals surface area contributed by atoms with Crippen molar-refractivity contribution in [3.05, 3.63) is 59.7 Å². The molecule has 2 aromatic carbocycles.